The van der Waals surface area contributed by atoms with Crippen molar-refractivity contribution in [3.8, 4) is 0 Å². The molecule has 0 aliphatic carbocycles. The summed E-state index contributed by atoms with van der Waals surface area (Å²) in [5.41, 5.74) is 2.66. The normalized spacial score (nSPS) is 16.5. The van der Waals surface area contributed by atoms with E-state index in [-0.39, 0.29) is 16.8 Å². The van der Waals surface area contributed by atoms with Crippen LogP contribution in [-0.2, 0) is 25.5 Å². The van der Waals surface area contributed by atoms with Gasteiger partial charge in [0.15, 0.2) is 0 Å². The topological polar surface area (TPSA) is 140 Å². The third-order valence-corrected chi connectivity index (χ3v) is 6.59. The Morgan fingerprint density at radius 3 is 2.46 bits per heavy atom. The summed E-state index contributed by atoms with van der Waals surface area (Å²) in [6.07, 6.45) is 1.38. The lowest BCUT2D eigenvalue weighted by Gasteiger charge is -2.32. The first-order chi connectivity index (χ1) is 18.7. The number of nitrogens with zero attached hydrogens (tertiary/aromatic N) is 1. The van der Waals surface area contributed by atoms with Gasteiger partial charge < -0.3 is 15.4 Å². The van der Waals surface area contributed by atoms with E-state index in [0.717, 1.165) is 5.56 Å². The van der Waals surface area contributed by atoms with Crippen molar-refractivity contribution in [2.75, 3.05) is 13.7 Å². The highest BCUT2D eigenvalue weighted by Gasteiger charge is 2.38. The zero-order valence-corrected chi connectivity index (χ0v) is 22.3. The van der Waals surface area contributed by atoms with E-state index < -0.39 is 34.8 Å². The molecule has 10 nitrogen and oxygen atoms in total. The number of nitro groups is 1. The number of allylic oxidation sites excluding steroid dienone is 2. The van der Waals surface area contributed by atoms with Crippen molar-refractivity contribution in [2.45, 2.75) is 39.3 Å². The van der Waals surface area contributed by atoms with E-state index in [0.29, 0.717) is 29.9 Å². The van der Waals surface area contributed by atoms with Crippen molar-refractivity contribution in [3.63, 3.8) is 0 Å². The molecule has 2 aromatic rings. The summed E-state index contributed by atoms with van der Waals surface area (Å²) in [7, 11) is 1.23. The first-order valence-corrected chi connectivity index (χ1v) is 12.5. The fourth-order valence-corrected chi connectivity index (χ4v) is 4.63. The largest absolute Gasteiger partial charge is 0.466 e. The highest BCUT2D eigenvalue weighted by Crippen LogP contribution is 2.39. The van der Waals surface area contributed by atoms with Crippen molar-refractivity contribution < 1.29 is 24.0 Å². The SMILES string of the molecule is COC(=O)C1=C(C)NC(C)=C(C(=O)NC(NCCc2ccccc2)C(C)C=C=O)C1c1cccc([N+](=O)[O-])c1. The molecule has 3 rings (SSSR count). The summed E-state index contributed by atoms with van der Waals surface area (Å²) >= 11 is 0. The summed E-state index contributed by atoms with van der Waals surface area (Å²) in [6, 6.07) is 15.6. The summed E-state index contributed by atoms with van der Waals surface area (Å²) in [4.78, 5) is 48.8. The molecule has 0 fully saturated rings. The number of carbonyl (C=O) groups is 2. The minimum absolute atomic E-state index is 0.170. The number of hydrogen-bond acceptors (Lipinski definition) is 8. The number of nitro benzene ring substituents is 1. The first kappa shape index (κ1) is 29.0. The number of methoxy groups -OCH3 is 1. The van der Waals surface area contributed by atoms with E-state index in [1.165, 1.54) is 31.4 Å². The third-order valence-electron chi connectivity index (χ3n) is 6.59. The van der Waals surface area contributed by atoms with Gasteiger partial charge in [-0.15, -0.1) is 0 Å². The van der Waals surface area contributed by atoms with Gasteiger partial charge >= 0.3 is 5.97 Å². The second-order valence-electron chi connectivity index (χ2n) is 9.26. The number of benzene rings is 2. The van der Waals surface area contributed by atoms with Crippen molar-refractivity contribution in [1.82, 2.24) is 16.0 Å². The third kappa shape index (κ3) is 7.07. The molecule has 3 N–H and O–H groups in total. The zero-order chi connectivity index (χ0) is 28.5. The standard InChI is InChI=1S/C29H32N4O6/c1-18(14-16-34)27(30-15-13-21-9-6-5-7-10-21)32-28(35)24-19(2)31-20(3)25(29(36)39-4)26(24)22-11-8-12-23(17-22)33(37)38/h5-12,14,17-18,26-27,30-31H,13,15H2,1-4H3,(H,32,35). The molecule has 204 valence electrons. The molecule has 0 aromatic heterocycles. The second-order valence-corrected chi connectivity index (χ2v) is 9.26. The molecule has 0 saturated carbocycles. The quantitative estimate of drug-likeness (QED) is 0.132. The van der Waals surface area contributed by atoms with Crippen molar-refractivity contribution in [2.24, 2.45) is 5.92 Å². The Bertz CT molecular complexity index is 1340. The predicted octanol–water partition coefficient (Wildman–Crippen LogP) is 3.30. The minimum atomic E-state index is -0.930. The minimum Gasteiger partial charge on any atom is -0.466 e. The van der Waals surface area contributed by atoms with Gasteiger partial charge in [0.05, 0.1) is 29.7 Å². The lowest BCUT2D eigenvalue weighted by atomic mass is 9.79. The van der Waals surface area contributed by atoms with Crippen LogP contribution in [0, 0.1) is 16.0 Å². The maximum absolute atomic E-state index is 13.9. The molecule has 1 aliphatic rings. The van der Waals surface area contributed by atoms with Crippen LogP contribution in [0.25, 0.3) is 0 Å². The van der Waals surface area contributed by atoms with E-state index in [4.69, 9.17) is 4.74 Å². The average molecular weight is 533 g/mol. The molecule has 0 saturated heterocycles. The van der Waals surface area contributed by atoms with E-state index in [9.17, 15) is 24.5 Å². The van der Waals surface area contributed by atoms with Gasteiger partial charge in [-0.05, 0) is 31.4 Å². The number of non-ortho nitro benzene ring substituents is 1. The van der Waals surface area contributed by atoms with Crippen LogP contribution in [0.15, 0.2) is 83.2 Å². The van der Waals surface area contributed by atoms with E-state index in [1.807, 2.05) is 30.3 Å². The Kier molecular flexibility index (Phi) is 9.92. The van der Waals surface area contributed by atoms with E-state index in [1.54, 1.807) is 32.8 Å². The molecular weight excluding hydrogens is 500 g/mol. The van der Waals surface area contributed by atoms with Crippen LogP contribution in [-0.4, -0.2) is 42.6 Å². The number of hydrogen-bond donors (Lipinski definition) is 3. The molecule has 0 radical (unpaired) electrons. The molecule has 2 aromatic carbocycles. The van der Waals surface area contributed by atoms with Gasteiger partial charge in [0, 0.05) is 47.6 Å². The smallest absolute Gasteiger partial charge is 0.336 e. The highest BCUT2D eigenvalue weighted by molar-refractivity contribution is 6.02. The van der Waals surface area contributed by atoms with Gasteiger partial charge in [-0.2, -0.15) is 0 Å². The lowest BCUT2D eigenvalue weighted by Crippen LogP contribution is -2.51. The van der Waals surface area contributed by atoms with Gasteiger partial charge in [-0.3, -0.25) is 20.2 Å². The van der Waals surface area contributed by atoms with Crippen LogP contribution >= 0.6 is 0 Å². The van der Waals surface area contributed by atoms with Gasteiger partial charge in [-0.1, -0.05) is 49.4 Å². The number of rotatable bonds is 11. The zero-order valence-electron chi connectivity index (χ0n) is 22.3. The van der Waals surface area contributed by atoms with Crippen LogP contribution in [0.2, 0.25) is 0 Å². The molecule has 3 unspecified atom stereocenters. The van der Waals surface area contributed by atoms with Crippen LogP contribution in [0.5, 0.6) is 0 Å². The highest BCUT2D eigenvalue weighted by atomic mass is 16.6. The number of esters is 1. The van der Waals surface area contributed by atoms with Gasteiger partial charge in [0.1, 0.15) is 5.94 Å². The number of nitrogens with one attached hydrogen (secondary N) is 3. The summed E-state index contributed by atoms with van der Waals surface area (Å²) < 4.78 is 5.01. The van der Waals surface area contributed by atoms with Crippen molar-refractivity contribution in [3.05, 3.63) is 104 Å². The summed E-state index contributed by atoms with van der Waals surface area (Å²) in [5.74, 6) is -0.726. The Morgan fingerprint density at radius 1 is 1.13 bits per heavy atom. The molecule has 1 heterocycles. The van der Waals surface area contributed by atoms with Crippen molar-refractivity contribution >= 4 is 23.5 Å². The number of carbonyl (C=O) groups excluding carboxylic acids is 3. The average Bonchev–Trinajstić information content (AvgIpc) is 2.92. The van der Waals surface area contributed by atoms with Crippen LogP contribution in [0.1, 0.15) is 37.8 Å². The summed E-state index contributed by atoms with van der Waals surface area (Å²) in [6.45, 7) is 5.67. The fraction of sp³-hybridized carbons (Fsp3) is 0.310. The molecule has 1 aliphatic heterocycles. The van der Waals surface area contributed by atoms with E-state index >= 15 is 0 Å². The van der Waals surface area contributed by atoms with Gasteiger partial charge in [-0.25, -0.2) is 9.59 Å². The Morgan fingerprint density at radius 2 is 1.82 bits per heavy atom. The Balaban J connectivity index is 1.97. The van der Waals surface area contributed by atoms with E-state index in [2.05, 4.69) is 16.0 Å². The fourth-order valence-electron chi connectivity index (χ4n) is 4.63. The molecule has 1 amide bonds. The molecule has 0 bridgehead atoms. The molecule has 39 heavy (non-hydrogen) atoms. The van der Waals surface area contributed by atoms with Crippen LogP contribution in [0.4, 0.5) is 5.69 Å². The molecule has 3 atom stereocenters. The summed E-state index contributed by atoms with van der Waals surface area (Å²) in [5, 5.41) is 20.8. The second kappa shape index (κ2) is 13.3. The Labute approximate surface area is 227 Å². The van der Waals surface area contributed by atoms with Gasteiger partial charge in [0.25, 0.3) is 11.6 Å². The maximum Gasteiger partial charge on any atom is 0.336 e. The van der Waals surface area contributed by atoms with Gasteiger partial charge in [0.2, 0.25) is 0 Å². The predicted molar refractivity (Wildman–Crippen MR) is 146 cm³/mol. The molecule has 10 heteroatoms. The molecular formula is C29H32N4O6. The molecule has 0 spiro atoms. The number of ether oxygens (including phenoxy) is 1. The number of dihydropyridines is 1. The lowest BCUT2D eigenvalue weighted by molar-refractivity contribution is -0.384. The van der Waals surface area contributed by atoms with Crippen LogP contribution < -0.4 is 16.0 Å². The van der Waals surface area contributed by atoms with Crippen molar-refractivity contribution in [1.29, 1.82) is 0 Å². The first-order valence-electron chi connectivity index (χ1n) is 12.5. The monoisotopic (exact) mass is 532 g/mol. The number of amides is 1. The van der Waals surface area contributed by atoms with Crippen LogP contribution in [0.3, 0.4) is 0 Å². The maximum atomic E-state index is 13.9. The Hall–Kier alpha value is -4.53.